The van der Waals surface area contributed by atoms with Crippen molar-refractivity contribution in [1.29, 1.82) is 0 Å². The predicted octanol–water partition coefficient (Wildman–Crippen LogP) is 13.8. The van der Waals surface area contributed by atoms with Crippen LogP contribution in [0.2, 0.25) is 3.63 Å². The Morgan fingerprint density at radius 3 is 1.27 bits per heavy atom. The molecule has 2 aliphatic rings. The molecule has 0 aliphatic heterocycles. The first-order valence-corrected chi connectivity index (χ1v) is 28.1. The number of hydrogen-bond acceptors (Lipinski definition) is 0. The summed E-state index contributed by atoms with van der Waals surface area (Å²) in [6.07, 6.45) is 8.85. The van der Waals surface area contributed by atoms with E-state index in [1.165, 1.54) is 44.5 Å². The second-order valence-electron chi connectivity index (χ2n) is 16.9. The van der Waals surface area contributed by atoms with Crippen LogP contribution in [0.15, 0.2) is 109 Å². The van der Waals surface area contributed by atoms with Gasteiger partial charge in [-0.15, -0.1) is 0 Å². The van der Waals surface area contributed by atoms with E-state index in [1.54, 1.807) is 0 Å². The van der Waals surface area contributed by atoms with Gasteiger partial charge in [0.25, 0.3) is 0 Å². The van der Waals surface area contributed by atoms with Crippen LogP contribution in [-0.4, -0.2) is 3.21 Å². The van der Waals surface area contributed by atoms with Gasteiger partial charge in [0.1, 0.15) is 0 Å². The van der Waals surface area contributed by atoms with Gasteiger partial charge in [-0.2, -0.15) is 0 Å². The van der Waals surface area contributed by atoms with Crippen molar-refractivity contribution >= 4 is 20.2 Å². The average molecular weight is 755 g/mol. The Morgan fingerprint density at radius 1 is 0.562 bits per heavy atom. The second kappa shape index (κ2) is 12.5. The number of allylic oxidation sites excluding steroid dienone is 4. The molecule has 6 rings (SSSR count). The van der Waals surface area contributed by atoms with Crippen molar-refractivity contribution in [3.05, 3.63) is 154 Å². The molecule has 0 heterocycles. The Kier molecular flexibility index (Phi) is 9.23. The van der Waals surface area contributed by atoms with E-state index in [2.05, 4.69) is 178 Å². The molecule has 0 nitrogen and oxygen atoms in total. The third-order valence-corrected chi connectivity index (χ3v) is 30.5. The zero-order valence-electron chi connectivity index (χ0n) is 30.5. The van der Waals surface area contributed by atoms with Crippen LogP contribution in [-0.2, 0) is 26.7 Å². The molecule has 0 fully saturated rings. The molecule has 0 saturated carbocycles. The first kappa shape index (κ1) is 35.5. The van der Waals surface area contributed by atoms with Gasteiger partial charge in [-0.1, -0.05) is 0 Å². The van der Waals surface area contributed by atoms with Gasteiger partial charge in [0.2, 0.25) is 0 Å². The summed E-state index contributed by atoms with van der Waals surface area (Å²) in [4.78, 5) is 0. The molecule has 4 aromatic rings. The zero-order chi connectivity index (χ0) is 34.8. The zero-order valence-corrected chi connectivity index (χ0v) is 34.4. The maximum absolute atomic E-state index is 8.80. The SMILES string of the molecule is CC(C)c1ccc([C](c2ccc(C(C)C)cc2)=[Zr]([Cl])([Cl])([CH]2C=CC=C2)[CH]2c3ccc(C(C)(C)C)cc3-c3cc(C(C)(C)C)ccc32)cc1. The summed E-state index contributed by atoms with van der Waals surface area (Å²) in [7, 11) is 17.6. The van der Waals surface area contributed by atoms with Crippen molar-refractivity contribution in [3.63, 3.8) is 0 Å². The van der Waals surface area contributed by atoms with Gasteiger partial charge < -0.3 is 0 Å². The molecule has 0 N–H and O–H groups in total. The van der Waals surface area contributed by atoms with E-state index in [0.717, 1.165) is 14.3 Å². The summed E-state index contributed by atoms with van der Waals surface area (Å²) in [6.45, 7) is 22.8. The number of fused-ring (bicyclic) bond motifs is 3. The third-order valence-electron chi connectivity index (χ3n) is 10.8. The Labute approximate surface area is 298 Å². The molecule has 0 aromatic heterocycles. The molecule has 0 saturated heterocycles. The van der Waals surface area contributed by atoms with Crippen molar-refractivity contribution in [3.8, 4) is 11.1 Å². The van der Waals surface area contributed by atoms with Crippen LogP contribution in [0.1, 0.15) is 129 Å². The number of halogens is 2. The van der Waals surface area contributed by atoms with Crippen LogP contribution in [0, 0.1) is 0 Å². The van der Waals surface area contributed by atoms with Crippen molar-refractivity contribution in [2.45, 2.75) is 99.2 Å². The maximum atomic E-state index is 8.80. The summed E-state index contributed by atoms with van der Waals surface area (Å²) >= 11 is -5.39. The topological polar surface area (TPSA) is 0 Å². The second-order valence-corrected chi connectivity index (χ2v) is 37.6. The number of benzene rings is 4. The van der Waals surface area contributed by atoms with E-state index in [0.29, 0.717) is 11.8 Å². The van der Waals surface area contributed by atoms with Gasteiger partial charge >= 0.3 is 300 Å². The predicted molar refractivity (Wildman–Crippen MR) is 209 cm³/mol. The molecule has 0 spiro atoms. The van der Waals surface area contributed by atoms with Crippen molar-refractivity contribution in [2.24, 2.45) is 0 Å². The molecule has 0 atom stereocenters. The van der Waals surface area contributed by atoms with Crippen LogP contribution in [0.25, 0.3) is 11.1 Å². The van der Waals surface area contributed by atoms with E-state index in [9.17, 15) is 0 Å². The molecule has 2 aliphatic carbocycles. The van der Waals surface area contributed by atoms with E-state index < -0.39 is 15.9 Å². The fourth-order valence-electron chi connectivity index (χ4n) is 7.83. The molecule has 3 heteroatoms. The molecule has 250 valence electrons. The van der Waals surface area contributed by atoms with E-state index >= 15 is 0 Å². The van der Waals surface area contributed by atoms with Gasteiger partial charge in [-0.25, -0.2) is 0 Å². The Bertz CT molecular complexity index is 1850. The van der Waals surface area contributed by atoms with Crippen LogP contribution < -0.4 is 0 Å². The number of hydrogen-bond donors (Lipinski definition) is 0. The molecule has 48 heavy (non-hydrogen) atoms. The Morgan fingerprint density at radius 2 is 0.938 bits per heavy atom. The van der Waals surface area contributed by atoms with Crippen molar-refractivity contribution in [1.82, 2.24) is 0 Å². The Balaban J connectivity index is 1.79. The quantitative estimate of drug-likeness (QED) is 0.184. The van der Waals surface area contributed by atoms with E-state index in [1.807, 2.05) is 0 Å². The average Bonchev–Trinajstić information content (AvgIpc) is 3.68. The van der Waals surface area contributed by atoms with Gasteiger partial charge in [0.15, 0.2) is 0 Å². The minimum absolute atomic E-state index is 0.0133. The van der Waals surface area contributed by atoms with Crippen LogP contribution in [0.5, 0.6) is 0 Å². The minimum atomic E-state index is -5.39. The normalized spacial score (nSPS) is 15.5. The molecular weight excluding hydrogens is 703 g/mol. The fourth-order valence-corrected chi connectivity index (χ4v) is 27.2. The fraction of sp³-hybridized carbons (Fsp3) is 0.356. The molecule has 0 bridgehead atoms. The third kappa shape index (κ3) is 6.05. The van der Waals surface area contributed by atoms with E-state index in [-0.39, 0.29) is 18.1 Å². The van der Waals surface area contributed by atoms with Gasteiger partial charge in [0.05, 0.1) is 0 Å². The number of rotatable bonds is 6. The molecule has 0 amide bonds. The molecule has 0 radical (unpaired) electrons. The van der Waals surface area contributed by atoms with Crippen LogP contribution in [0.3, 0.4) is 0 Å². The standard InChI is InChI=1S/C21H25.C19H22.C5H5.2ClH.Zr/c1-20(2,3)16-9-7-14-11-15-8-10-17(21(4,5)6)13-19(15)18(14)12-16;1-14(2)18-9-5-16(6-10-18)13-17-7-11-19(12-8-17)15(3)4;1-2-4-5-3-1;;;/h7-13H,1-6H3;5-12,14-15H,1-4H3;1-5H;2*1H;/q;;;;;+2/p-2. The Hall–Kier alpha value is -2.31. The molecule has 4 aromatic carbocycles. The van der Waals surface area contributed by atoms with Crippen molar-refractivity contribution in [2.75, 3.05) is 0 Å². The summed E-state index contributed by atoms with van der Waals surface area (Å²) in [6, 6.07) is 32.4. The molecule has 0 unspecified atom stereocenters. The summed E-state index contributed by atoms with van der Waals surface area (Å²) in [5.41, 5.74) is 12.7. The van der Waals surface area contributed by atoms with Crippen molar-refractivity contribution < 1.29 is 15.9 Å². The van der Waals surface area contributed by atoms with Gasteiger partial charge in [0, 0.05) is 0 Å². The first-order valence-electron chi connectivity index (χ1n) is 17.7. The summed E-state index contributed by atoms with van der Waals surface area (Å²) in [5, 5.41) is 0. The summed E-state index contributed by atoms with van der Waals surface area (Å²) in [5.74, 6) is 0.871. The van der Waals surface area contributed by atoms with Gasteiger partial charge in [-0.3, -0.25) is 0 Å². The van der Waals surface area contributed by atoms with Crippen LogP contribution >= 0.6 is 17.0 Å². The van der Waals surface area contributed by atoms with Gasteiger partial charge in [-0.05, 0) is 0 Å². The monoisotopic (exact) mass is 752 g/mol. The van der Waals surface area contributed by atoms with E-state index in [4.69, 9.17) is 17.0 Å². The molecular formula is C45H52Cl2Zr. The summed E-state index contributed by atoms with van der Waals surface area (Å²) < 4.78 is 0.938. The van der Waals surface area contributed by atoms with Crippen LogP contribution in [0.4, 0.5) is 0 Å². The first-order chi connectivity index (χ1) is 22.4.